The highest BCUT2D eigenvalue weighted by Crippen LogP contribution is 2.11. The van der Waals surface area contributed by atoms with Gasteiger partial charge in [0.05, 0.1) is 6.42 Å². The van der Waals surface area contributed by atoms with Crippen LogP contribution in [0.5, 0.6) is 0 Å². The summed E-state index contributed by atoms with van der Waals surface area (Å²) >= 11 is 3.34. The molecule has 0 atom stereocenters. The summed E-state index contributed by atoms with van der Waals surface area (Å²) in [6.45, 7) is 0. The molecule has 0 aliphatic rings. The molecule has 0 unspecified atom stereocenters. The van der Waals surface area contributed by atoms with Gasteiger partial charge >= 0.3 is 0 Å². The number of hydrogen-bond donors (Lipinski definition) is 2. The number of carbonyl (C=O) groups is 2. The lowest BCUT2D eigenvalue weighted by Gasteiger charge is -2.07. The monoisotopic (exact) mass is 333 g/mol. The zero-order chi connectivity index (χ0) is 14.4. The number of nitrogens with zero attached hydrogens (tertiary/aromatic N) is 1. The average Bonchev–Trinajstić information content (AvgIpc) is 2.46. The highest BCUT2D eigenvalue weighted by atomic mass is 79.9. The smallest absolute Gasteiger partial charge is 0.269 e. The second-order valence-corrected chi connectivity index (χ2v) is 4.96. The van der Waals surface area contributed by atoms with Gasteiger partial charge in [-0.15, -0.1) is 0 Å². The summed E-state index contributed by atoms with van der Waals surface area (Å²) in [4.78, 5) is 27.2. The van der Waals surface area contributed by atoms with E-state index in [0.29, 0.717) is 5.56 Å². The molecule has 1 aromatic carbocycles. The molecule has 2 N–H and O–H groups in total. The fraction of sp³-hybridized carbons (Fsp3) is 0.0714. The van der Waals surface area contributed by atoms with E-state index in [-0.39, 0.29) is 18.2 Å². The molecule has 0 bridgehead atoms. The van der Waals surface area contributed by atoms with Crippen molar-refractivity contribution in [2.45, 2.75) is 6.42 Å². The molecular weight excluding hydrogens is 322 g/mol. The van der Waals surface area contributed by atoms with Gasteiger partial charge in [0.2, 0.25) is 5.91 Å². The maximum absolute atomic E-state index is 11.7. The van der Waals surface area contributed by atoms with Crippen LogP contribution < -0.4 is 10.9 Å². The largest absolute Gasteiger partial charge is 0.273 e. The predicted molar refractivity (Wildman–Crippen MR) is 77.7 cm³/mol. The fourth-order valence-corrected chi connectivity index (χ4v) is 2.03. The number of halogens is 1. The number of pyridine rings is 1. The van der Waals surface area contributed by atoms with Crippen molar-refractivity contribution in [3.8, 4) is 0 Å². The van der Waals surface area contributed by atoms with E-state index in [1.54, 1.807) is 12.1 Å². The summed E-state index contributed by atoms with van der Waals surface area (Å²) in [6, 6.07) is 10.6. The highest BCUT2D eigenvalue weighted by molar-refractivity contribution is 9.10. The molecule has 20 heavy (non-hydrogen) atoms. The summed E-state index contributed by atoms with van der Waals surface area (Å²) in [5, 5.41) is 0. The number of nitrogens with one attached hydrogen (secondary N) is 2. The zero-order valence-corrected chi connectivity index (χ0v) is 12.1. The third-order valence-electron chi connectivity index (χ3n) is 2.51. The minimum absolute atomic E-state index is 0.191. The summed E-state index contributed by atoms with van der Waals surface area (Å²) < 4.78 is 0.906. The van der Waals surface area contributed by atoms with Crippen LogP contribution in [0.4, 0.5) is 0 Å². The Kier molecular flexibility index (Phi) is 4.84. The van der Waals surface area contributed by atoms with Crippen molar-refractivity contribution in [1.29, 1.82) is 0 Å². The second-order valence-electron chi connectivity index (χ2n) is 4.04. The van der Waals surface area contributed by atoms with E-state index in [1.165, 1.54) is 12.4 Å². The molecule has 0 radical (unpaired) electrons. The maximum Gasteiger partial charge on any atom is 0.269 e. The van der Waals surface area contributed by atoms with Crippen LogP contribution in [0.25, 0.3) is 0 Å². The number of benzene rings is 1. The van der Waals surface area contributed by atoms with Gasteiger partial charge in [0, 0.05) is 22.4 Å². The molecule has 1 aromatic heterocycles. The van der Waals surface area contributed by atoms with Crippen LogP contribution in [0.15, 0.2) is 53.3 Å². The first kappa shape index (κ1) is 14.2. The molecule has 2 aromatic rings. The Bertz CT molecular complexity index is 617. The maximum atomic E-state index is 11.7. The third-order valence-corrected chi connectivity index (χ3v) is 3.00. The lowest BCUT2D eigenvalue weighted by Crippen LogP contribution is -2.42. The Morgan fingerprint density at radius 2 is 1.85 bits per heavy atom. The van der Waals surface area contributed by atoms with Crippen molar-refractivity contribution in [3.63, 3.8) is 0 Å². The molecule has 0 aliphatic heterocycles. The second kappa shape index (κ2) is 6.81. The van der Waals surface area contributed by atoms with Crippen molar-refractivity contribution in [2.24, 2.45) is 0 Å². The van der Waals surface area contributed by atoms with E-state index in [1.807, 2.05) is 24.3 Å². The van der Waals surface area contributed by atoms with Crippen LogP contribution in [0.3, 0.4) is 0 Å². The third kappa shape index (κ3) is 4.17. The lowest BCUT2D eigenvalue weighted by molar-refractivity contribution is -0.121. The molecule has 0 spiro atoms. The topological polar surface area (TPSA) is 71.1 Å². The molecule has 0 aliphatic carbocycles. The Morgan fingerprint density at radius 1 is 1.10 bits per heavy atom. The molecule has 0 fully saturated rings. The van der Waals surface area contributed by atoms with E-state index < -0.39 is 0 Å². The quantitative estimate of drug-likeness (QED) is 0.842. The minimum Gasteiger partial charge on any atom is -0.273 e. The normalized spacial score (nSPS) is 9.85. The molecule has 0 saturated heterocycles. The first-order chi connectivity index (χ1) is 9.65. The van der Waals surface area contributed by atoms with Crippen LogP contribution in [0, 0.1) is 0 Å². The lowest BCUT2D eigenvalue weighted by atomic mass is 10.1. The molecule has 6 heteroatoms. The van der Waals surface area contributed by atoms with E-state index >= 15 is 0 Å². The van der Waals surface area contributed by atoms with Gasteiger partial charge in [-0.05, 0) is 29.8 Å². The van der Waals surface area contributed by atoms with Crippen molar-refractivity contribution in [3.05, 3.63) is 64.4 Å². The van der Waals surface area contributed by atoms with Gasteiger partial charge in [0.15, 0.2) is 0 Å². The van der Waals surface area contributed by atoms with Gasteiger partial charge in [-0.1, -0.05) is 28.1 Å². The Labute approximate surface area is 124 Å². The number of rotatable bonds is 3. The van der Waals surface area contributed by atoms with Gasteiger partial charge in [-0.25, -0.2) is 0 Å². The molecule has 2 rings (SSSR count). The van der Waals surface area contributed by atoms with Gasteiger partial charge in [-0.3, -0.25) is 25.4 Å². The summed E-state index contributed by atoms with van der Waals surface area (Å²) in [7, 11) is 0. The van der Waals surface area contributed by atoms with Crippen molar-refractivity contribution in [2.75, 3.05) is 0 Å². The SMILES string of the molecule is O=C(Cc1cccc(Br)c1)NNC(=O)c1ccncc1. The van der Waals surface area contributed by atoms with E-state index in [0.717, 1.165) is 10.0 Å². The molecule has 0 saturated carbocycles. The van der Waals surface area contributed by atoms with Gasteiger partial charge < -0.3 is 0 Å². The van der Waals surface area contributed by atoms with Crippen molar-refractivity contribution in [1.82, 2.24) is 15.8 Å². The summed E-state index contributed by atoms with van der Waals surface area (Å²) in [5.74, 6) is -0.666. The van der Waals surface area contributed by atoms with E-state index in [4.69, 9.17) is 0 Å². The van der Waals surface area contributed by atoms with Crippen LogP contribution in [-0.2, 0) is 11.2 Å². The Hall–Kier alpha value is -2.21. The fourth-order valence-electron chi connectivity index (χ4n) is 1.58. The molecule has 102 valence electrons. The number of carbonyl (C=O) groups excluding carboxylic acids is 2. The minimum atomic E-state index is -0.380. The first-order valence-corrected chi connectivity index (χ1v) is 6.68. The molecule has 5 nitrogen and oxygen atoms in total. The summed E-state index contributed by atoms with van der Waals surface area (Å²) in [6.07, 6.45) is 3.21. The van der Waals surface area contributed by atoms with Crippen molar-refractivity contribution >= 4 is 27.7 Å². The van der Waals surface area contributed by atoms with Crippen LogP contribution in [0.2, 0.25) is 0 Å². The predicted octanol–water partition coefficient (Wildman–Crippen LogP) is 1.85. The number of hydrogen-bond acceptors (Lipinski definition) is 3. The molecule has 1 heterocycles. The van der Waals surface area contributed by atoms with Crippen LogP contribution in [-0.4, -0.2) is 16.8 Å². The molecular formula is C14H12BrN3O2. The average molecular weight is 334 g/mol. The molecule has 2 amide bonds. The summed E-state index contributed by atoms with van der Waals surface area (Å²) in [5.41, 5.74) is 6.02. The van der Waals surface area contributed by atoms with Gasteiger partial charge in [-0.2, -0.15) is 0 Å². The zero-order valence-electron chi connectivity index (χ0n) is 10.5. The standard InChI is InChI=1S/C14H12BrN3O2/c15-12-3-1-2-10(8-12)9-13(19)17-18-14(20)11-4-6-16-7-5-11/h1-8H,9H2,(H,17,19)(H,18,20). The van der Waals surface area contributed by atoms with Gasteiger partial charge in [0.1, 0.15) is 0 Å². The number of hydrazine groups is 1. The number of amides is 2. The Balaban J connectivity index is 1.85. The first-order valence-electron chi connectivity index (χ1n) is 5.89. The van der Waals surface area contributed by atoms with Gasteiger partial charge in [0.25, 0.3) is 5.91 Å². The van der Waals surface area contributed by atoms with E-state index in [9.17, 15) is 9.59 Å². The highest BCUT2D eigenvalue weighted by Gasteiger charge is 2.07. The Morgan fingerprint density at radius 3 is 2.55 bits per heavy atom. The van der Waals surface area contributed by atoms with Crippen molar-refractivity contribution < 1.29 is 9.59 Å². The van der Waals surface area contributed by atoms with Crippen LogP contribution in [0.1, 0.15) is 15.9 Å². The van der Waals surface area contributed by atoms with Crippen LogP contribution >= 0.6 is 15.9 Å². The number of aromatic nitrogens is 1. The van der Waals surface area contributed by atoms with E-state index in [2.05, 4.69) is 31.8 Å².